The maximum absolute atomic E-state index is 12.3. The highest BCUT2D eigenvalue weighted by molar-refractivity contribution is 9.10. The molecule has 1 N–H and O–H groups in total. The summed E-state index contributed by atoms with van der Waals surface area (Å²) in [6.07, 6.45) is 3.42. The SMILES string of the molecule is O=C(c1cnn(-c2ccc(Br)cc2)c1)N1CCNCC1. The van der Waals surface area contributed by atoms with Gasteiger partial charge in [-0.15, -0.1) is 0 Å². The van der Waals surface area contributed by atoms with E-state index >= 15 is 0 Å². The lowest BCUT2D eigenvalue weighted by atomic mass is 10.2. The molecule has 0 unspecified atom stereocenters. The Morgan fingerprint density at radius 2 is 1.90 bits per heavy atom. The smallest absolute Gasteiger partial charge is 0.257 e. The van der Waals surface area contributed by atoms with Crippen LogP contribution in [0.3, 0.4) is 0 Å². The average molecular weight is 335 g/mol. The van der Waals surface area contributed by atoms with Crippen LogP contribution in [0, 0.1) is 0 Å². The summed E-state index contributed by atoms with van der Waals surface area (Å²) in [4.78, 5) is 14.2. The first-order valence-corrected chi connectivity index (χ1v) is 7.34. The summed E-state index contributed by atoms with van der Waals surface area (Å²) in [7, 11) is 0. The van der Waals surface area contributed by atoms with Crippen LogP contribution in [0.4, 0.5) is 0 Å². The summed E-state index contributed by atoms with van der Waals surface area (Å²) in [5.41, 5.74) is 1.57. The van der Waals surface area contributed by atoms with Crippen molar-refractivity contribution >= 4 is 21.8 Å². The van der Waals surface area contributed by atoms with E-state index in [1.165, 1.54) is 0 Å². The molecule has 2 heterocycles. The van der Waals surface area contributed by atoms with Crippen LogP contribution in [0.15, 0.2) is 41.1 Å². The fourth-order valence-corrected chi connectivity index (χ4v) is 2.48. The lowest BCUT2D eigenvalue weighted by Gasteiger charge is -2.26. The summed E-state index contributed by atoms with van der Waals surface area (Å²) in [5, 5.41) is 7.51. The van der Waals surface area contributed by atoms with Gasteiger partial charge in [-0.25, -0.2) is 4.68 Å². The molecule has 0 bridgehead atoms. The highest BCUT2D eigenvalue weighted by Gasteiger charge is 2.19. The van der Waals surface area contributed by atoms with Crippen LogP contribution in [0.2, 0.25) is 0 Å². The lowest BCUT2D eigenvalue weighted by Crippen LogP contribution is -2.46. The minimum atomic E-state index is 0.0508. The third-order valence-electron chi connectivity index (χ3n) is 3.32. The van der Waals surface area contributed by atoms with Crippen LogP contribution in [0.25, 0.3) is 5.69 Å². The Morgan fingerprint density at radius 1 is 1.20 bits per heavy atom. The van der Waals surface area contributed by atoms with Crippen molar-refractivity contribution in [3.8, 4) is 5.69 Å². The van der Waals surface area contributed by atoms with E-state index in [1.807, 2.05) is 29.2 Å². The number of hydrogen-bond donors (Lipinski definition) is 1. The number of hydrogen-bond acceptors (Lipinski definition) is 3. The van der Waals surface area contributed by atoms with E-state index in [4.69, 9.17) is 0 Å². The molecule has 2 aromatic rings. The van der Waals surface area contributed by atoms with Gasteiger partial charge in [-0.3, -0.25) is 4.79 Å². The molecule has 1 aromatic heterocycles. The van der Waals surface area contributed by atoms with E-state index in [-0.39, 0.29) is 5.91 Å². The Hall–Kier alpha value is -1.66. The average Bonchev–Trinajstić information content (AvgIpc) is 2.98. The minimum Gasteiger partial charge on any atom is -0.336 e. The standard InChI is InChI=1S/C14H15BrN4O/c15-12-1-3-13(4-2-12)19-10-11(9-17-19)14(20)18-7-5-16-6-8-18/h1-4,9-10,16H,5-8H2. The van der Waals surface area contributed by atoms with Crippen molar-refractivity contribution in [2.75, 3.05) is 26.2 Å². The fraction of sp³-hybridized carbons (Fsp3) is 0.286. The van der Waals surface area contributed by atoms with Crippen LogP contribution in [-0.4, -0.2) is 46.8 Å². The second-order valence-corrected chi connectivity index (χ2v) is 5.61. The van der Waals surface area contributed by atoms with Gasteiger partial charge in [0.15, 0.2) is 0 Å². The molecule has 104 valence electrons. The van der Waals surface area contributed by atoms with Gasteiger partial charge in [0.05, 0.1) is 17.4 Å². The molecule has 1 fully saturated rings. The third-order valence-corrected chi connectivity index (χ3v) is 3.85. The second-order valence-electron chi connectivity index (χ2n) is 4.69. The van der Waals surface area contributed by atoms with Gasteiger partial charge in [-0.05, 0) is 24.3 Å². The zero-order valence-electron chi connectivity index (χ0n) is 10.9. The van der Waals surface area contributed by atoms with Gasteiger partial charge in [0, 0.05) is 36.8 Å². The van der Waals surface area contributed by atoms with Crippen molar-refractivity contribution in [1.29, 1.82) is 0 Å². The maximum atomic E-state index is 12.3. The summed E-state index contributed by atoms with van der Waals surface area (Å²) >= 11 is 3.40. The number of halogens is 1. The zero-order valence-corrected chi connectivity index (χ0v) is 12.5. The molecule has 3 rings (SSSR count). The van der Waals surface area contributed by atoms with Crippen molar-refractivity contribution < 1.29 is 4.79 Å². The number of benzene rings is 1. The number of amides is 1. The van der Waals surface area contributed by atoms with E-state index < -0.39 is 0 Å². The molecular weight excluding hydrogens is 320 g/mol. The molecule has 0 radical (unpaired) electrons. The van der Waals surface area contributed by atoms with E-state index in [0.717, 1.165) is 36.3 Å². The molecule has 0 saturated carbocycles. The number of nitrogens with zero attached hydrogens (tertiary/aromatic N) is 3. The van der Waals surface area contributed by atoms with Gasteiger partial charge in [0.25, 0.3) is 5.91 Å². The fourth-order valence-electron chi connectivity index (χ4n) is 2.22. The van der Waals surface area contributed by atoms with Crippen molar-refractivity contribution in [3.63, 3.8) is 0 Å². The monoisotopic (exact) mass is 334 g/mol. The molecule has 1 aliphatic heterocycles. The van der Waals surface area contributed by atoms with Crippen molar-refractivity contribution in [3.05, 3.63) is 46.7 Å². The van der Waals surface area contributed by atoms with Crippen LogP contribution in [-0.2, 0) is 0 Å². The molecule has 1 aromatic carbocycles. The highest BCUT2D eigenvalue weighted by Crippen LogP contribution is 2.14. The Labute approximate surface area is 125 Å². The predicted octanol–water partition coefficient (Wildman–Crippen LogP) is 1.68. The summed E-state index contributed by atoms with van der Waals surface area (Å²) in [5.74, 6) is 0.0508. The molecule has 6 heteroatoms. The summed E-state index contributed by atoms with van der Waals surface area (Å²) in [6.45, 7) is 3.21. The number of nitrogens with one attached hydrogen (secondary N) is 1. The third kappa shape index (κ3) is 2.76. The van der Waals surface area contributed by atoms with E-state index in [9.17, 15) is 4.79 Å². The molecule has 1 saturated heterocycles. The van der Waals surface area contributed by atoms with E-state index in [2.05, 4.69) is 26.3 Å². The number of piperazine rings is 1. The Morgan fingerprint density at radius 3 is 2.60 bits per heavy atom. The zero-order chi connectivity index (χ0) is 13.9. The van der Waals surface area contributed by atoms with Crippen LogP contribution >= 0.6 is 15.9 Å². The Bertz CT molecular complexity index is 602. The quantitative estimate of drug-likeness (QED) is 0.909. The first kappa shape index (κ1) is 13.3. The second kappa shape index (κ2) is 5.76. The van der Waals surface area contributed by atoms with Crippen molar-refractivity contribution in [2.24, 2.45) is 0 Å². The molecule has 5 nitrogen and oxygen atoms in total. The number of aromatic nitrogens is 2. The van der Waals surface area contributed by atoms with Crippen molar-refractivity contribution in [1.82, 2.24) is 20.0 Å². The van der Waals surface area contributed by atoms with E-state index in [0.29, 0.717) is 5.56 Å². The molecule has 0 aliphatic carbocycles. The van der Waals surface area contributed by atoms with Gasteiger partial charge >= 0.3 is 0 Å². The van der Waals surface area contributed by atoms with E-state index in [1.54, 1.807) is 17.1 Å². The maximum Gasteiger partial charge on any atom is 0.257 e. The van der Waals surface area contributed by atoms with Gasteiger partial charge < -0.3 is 10.2 Å². The lowest BCUT2D eigenvalue weighted by molar-refractivity contribution is 0.0736. The van der Waals surface area contributed by atoms with Crippen LogP contribution < -0.4 is 5.32 Å². The van der Waals surface area contributed by atoms with Crippen molar-refractivity contribution in [2.45, 2.75) is 0 Å². The Balaban J connectivity index is 1.79. The molecule has 1 amide bonds. The largest absolute Gasteiger partial charge is 0.336 e. The summed E-state index contributed by atoms with van der Waals surface area (Å²) < 4.78 is 2.74. The van der Waals surface area contributed by atoms with Gasteiger partial charge in [-0.1, -0.05) is 15.9 Å². The van der Waals surface area contributed by atoms with Gasteiger partial charge in [0.2, 0.25) is 0 Å². The highest BCUT2D eigenvalue weighted by atomic mass is 79.9. The summed E-state index contributed by atoms with van der Waals surface area (Å²) in [6, 6.07) is 7.82. The first-order valence-electron chi connectivity index (χ1n) is 6.54. The molecule has 1 aliphatic rings. The Kier molecular flexibility index (Phi) is 3.84. The van der Waals surface area contributed by atoms with Crippen LogP contribution in [0.5, 0.6) is 0 Å². The first-order chi connectivity index (χ1) is 9.74. The molecular formula is C14H15BrN4O. The molecule has 0 spiro atoms. The number of carbonyl (C=O) groups excluding carboxylic acids is 1. The normalized spacial score (nSPS) is 15.3. The van der Waals surface area contributed by atoms with Gasteiger partial charge in [0.1, 0.15) is 0 Å². The molecule has 20 heavy (non-hydrogen) atoms. The molecule has 0 atom stereocenters. The van der Waals surface area contributed by atoms with Crippen LogP contribution in [0.1, 0.15) is 10.4 Å². The predicted molar refractivity (Wildman–Crippen MR) is 80.0 cm³/mol. The number of carbonyl (C=O) groups is 1. The topological polar surface area (TPSA) is 50.2 Å². The minimum absolute atomic E-state index is 0.0508. The number of rotatable bonds is 2. The van der Waals surface area contributed by atoms with Gasteiger partial charge in [-0.2, -0.15) is 5.10 Å².